The van der Waals surface area contributed by atoms with Crippen molar-refractivity contribution in [2.45, 2.75) is 6.92 Å². The van der Waals surface area contributed by atoms with Crippen molar-refractivity contribution >= 4 is 29.2 Å². The van der Waals surface area contributed by atoms with Crippen molar-refractivity contribution in [2.24, 2.45) is 0 Å². The molecule has 0 fully saturated rings. The van der Waals surface area contributed by atoms with Crippen LogP contribution in [-0.2, 0) is 23.9 Å². The van der Waals surface area contributed by atoms with E-state index in [4.69, 9.17) is 9.47 Å². The van der Waals surface area contributed by atoms with Crippen molar-refractivity contribution in [3.05, 3.63) is 18.2 Å². The topological polar surface area (TPSA) is 103 Å². The van der Waals surface area contributed by atoms with Crippen molar-refractivity contribution in [3.8, 4) is 5.75 Å². The molecule has 1 rings (SSSR count). The molecule has 0 aliphatic heterocycles. The molecule has 0 saturated carbocycles. The van der Waals surface area contributed by atoms with E-state index in [-0.39, 0.29) is 12.5 Å². The predicted octanol–water partition coefficient (Wildman–Crippen LogP) is 0.782. The first kappa shape index (κ1) is 17.4. The van der Waals surface area contributed by atoms with E-state index in [1.54, 1.807) is 12.1 Å². The van der Waals surface area contributed by atoms with E-state index >= 15 is 0 Å². The van der Waals surface area contributed by atoms with Gasteiger partial charge in [0, 0.05) is 19.7 Å². The van der Waals surface area contributed by atoms with Crippen LogP contribution < -0.4 is 15.4 Å². The Morgan fingerprint density at radius 3 is 2.41 bits per heavy atom. The summed E-state index contributed by atoms with van der Waals surface area (Å²) in [7, 11) is 2.79. The standard InChI is InChI=1S/C14H18N2O6/c1-9(17)15-10-4-5-12(21-3)11(6-10)16-13(18)7-22-14(19)8-20-2/h4-6H,7-8H2,1-3H3,(H,15,17)(H,16,18). The van der Waals surface area contributed by atoms with Crippen LogP contribution in [0.5, 0.6) is 5.75 Å². The van der Waals surface area contributed by atoms with Crippen molar-refractivity contribution < 1.29 is 28.6 Å². The summed E-state index contributed by atoms with van der Waals surface area (Å²) in [5.74, 6) is -1.01. The molecule has 22 heavy (non-hydrogen) atoms. The Morgan fingerprint density at radius 1 is 1.09 bits per heavy atom. The van der Waals surface area contributed by atoms with Gasteiger partial charge < -0.3 is 24.8 Å². The van der Waals surface area contributed by atoms with Crippen molar-refractivity contribution in [3.63, 3.8) is 0 Å². The van der Waals surface area contributed by atoms with E-state index in [0.29, 0.717) is 17.1 Å². The van der Waals surface area contributed by atoms with E-state index in [0.717, 1.165) is 0 Å². The summed E-state index contributed by atoms with van der Waals surface area (Å²) >= 11 is 0. The van der Waals surface area contributed by atoms with Crippen LogP contribution in [0.2, 0.25) is 0 Å². The Labute approximate surface area is 127 Å². The predicted molar refractivity (Wildman–Crippen MR) is 78.8 cm³/mol. The zero-order chi connectivity index (χ0) is 16.5. The van der Waals surface area contributed by atoms with Crippen molar-refractivity contribution in [1.29, 1.82) is 0 Å². The molecule has 2 N–H and O–H groups in total. The smallest absolute Gasteiger partial charge is 0.332 e. The molecule has 0 bridgehead atoms. The van der Waals surface area contributed by atoms with Gasteiger partial charge in [-0.3, -0.25) is 9.59 Å². The molecule has 2 amide bonds. The first-order valence-corrected chi connectivity index (χ1v) is 6.36. The molecule has 0 unspecified atom stereocenters. The lowest BCUT2D eigenvalue weighted by atomic mass is 10.2. The molecule has 0 spiro atoms. The molecule has 0 saturated heterocycles. The van der Waals surface area contributed by atoms with Crippen LogP contribution in [0.25, 0.3) is 0 Å². The first-order chi connectivity index (χ1) is 10.5. The number of anilines is 2. The lowest BCUT2D eigenvalue weighted by molar-refractivity contribution is -0.150. The molecule has 1 aromatic carbocycles. The zero-order valence-electron chi connectivity index (χ0n) is 12.6. The summed E-state index contributed by atoms with van der Waals surface area (Å²) in [6.45, 7) is 0.696. The molecule has 0 atom stereocenters. The largest absolute Gasteiger partial charge is 0.495 e. The SMILES string of the molecule is COCC(=O)OCC(=O)Nc1cc(NC(C)=O)ccc1OC. The fraction of sp³-hybridized carbons (Fsp3) is 0.357. The summed E-state index contributed by atoms with van der Waals surface area (Å²) in [6, 6.07) is 4.77. The molecular weight excluding hydrogens is 292 g/mol. The van der Waals surface area contributed by atoms with Gasteiger partial charge in [-0.05, 0) is 18.2 Å². The Balaban J connectivity index is 2.71. The second kappa shape index (κ2) is 8.63. The van der Waals surface area contributed by atoms with Gasteiger partial charge in [-0.2, -0.15) is 0 Å². The lowest BCUT2D eigenvalue weighted by Crippen LogP contribution is -2.23. The molecule has 0 aromatic heterocycles. The van der Waals surface area contributed by atoms with E-state index in [1.165, 1.54) is 27.2 Å². The van der Waals surface area contributed by atoms with Gasteiger partial charge >= 0.3 is 5.97 Å². The lowest BCUT2D eigenvalue weighted by Gasteiger charge is -2.12. The van der Waals surface area contributed by atoms with Gasteiger partial charge in [0.25, 0.3) is 5.91 Å². The number of methoxy groups -OCH3 is 2. The Hall–Kier alpha value is -2.61. The molecule has 120 valence electrons. The highest BCUT2D eigenvalue weighted by Crippen LogP contribution is 2.27. The van der Waals surface area contributed by atoms with Crippen LogP contribution in [0.1, 0.15) is 6.92 Å². The summed E-state index contributed by atoms with van der Waals surface area (Å²) in [5.41, 5.74) is 0.849. The average Bonchev–Trinajstić information content (AvgIpc) is 2.45. The summed E-state index contributed by atoms with van der Waals surface area (Å²) in [5, 5.41) is 5.13. The van der Waals surface area contributed by atoms with Gasteiger partial charge in [-0.25, -0.2) is 4.79 Å². The van der Waals surface area contributed by atoms with Crippen LogP contribution in [0.15, 0.2) is 18.2 Å². The molecule has 8 heteroatoms. The van der Waals surface area contributed by atoms with E-state index < -0.39 is 18.5 Å². The molecule has 0 radical (unpaired) electrons. The number of rotatable bonds is 7. The number of hydrogen-bond donors (Lipinski definition) is 2. The van der Waals surface area contributed by atoms with Gasteiger partial charge in [0.15, 0.2) is 6.61 Å². The van der Waals surface area contributed by atoms with Gasteiger partial charge in [0.05, 0.1) is 12.8 Å². The summed E-state index contributed by atoms with van der Waals surface area (Å²) < 4.78 is 14.4. The van der Waals surface area contributed by atoms with E-state index in [9.17, 15) is 14.4 Å². The Bertz CT molecular complexity index is 558. The zero-order valence-corrected chi connectivity index (χ0v) is 12.6. The minimum Gasteiger partial charge on any atom is -0.495 e. The third kappa shape index (κ3) is 5.80. The molecular formula is C14H18N2O6. The molecule has 1 aromatic rings. The maximum Gasteiger partial charge on any atom is 0.332 e. The summed E-state index contributed by atoms with van der Waals surface area (Å²) in [6.07, 6.45) is 0. The second-order valence-corrected chi connectivity index (χ2v) is 4.24. The molecule has 0 heterocycles. The number of carbonyl (C=O) groups excluding carboxylic acids is 3. The molecule has 0 aliphatic carbocycles. The Morgan fingerprint density at radius 2 is 1.82 bits per heavy atom. The number of ether oxygens (including phenoxy) is 3. The highest BCUT2D eigenvalue weighted by atomic mass is 16.6. The van der Waals surface area contributed by atoms with Gasteiger partial charge in [0.1, 0.15) is 12.4 Å². The number of amides is 2. The van der Waals surface area contributed by atoms with E-state index in [1.807, 2.05) is 0 Å². The quantitative estimate of drug-likeness (QED) is 0.722. The minimum absolute atomic E-state index is 0.228. The number of esters is 1. The second-order valence-electron chi connectivity index (χ2n) is 4.24. The molecule has 8 nitrogen and oxygen atoms in total. The maximum absolute atomic E-state index is 11.8. The van der Waals surface area contributed by atoms with Crippen molar-refractivity contribution in [2.75, 3.05) is 38.1 Å². The number of hydrogen-bond acceptors (Lipinski definition) is 6. The fourth-order valence-corrected chi connectivity index (χ4v) is 1.58. The average molecular weight is 310 g/mol. The van der Waals surface area contributed by atoms with Gasteiger partial charge in [0.2, 0.25) is 5.91 Å². The normalized spacial score (nSPS) is 9.77. The van der Waals surface area contributed by atoms with Crippen LogP contribution in [0, 0.1) is 0 Å². The van der Waals surface area contributed by atoms with Gasteiger partial charge in [-0.15, -0.1) is 0 Å². The van der Waals surface area contributed by atoms with Crippen molar-refractivity contribution in [1.82, 2.24) is 0 Å². The van der Waals surface area contributed by atoms with Crippen LogP contribution in [0.3, 0.4) is 0 Å². The first-order valence-electron chi connectivity index (χ1n) is 6.36. The molecule has 0 aliphatic rings. The van der Waals surface area contributed by atoms with Crippen LogP contribution in [-0.4, -0.2) is 45.2 Å². The highest BCUT2D eigenvalue weighted by molar-refractivity contribution is 5.96. The Kier molecular flexibility index (Phi) is 6.84. The van der Waals surface area contributed by atoms with Crippen LogP contribution in [0.4, 0.5) is 11.4 Å². The third-order valence-corrected chi connectivity index (χ3v) is 2.42. The number of benzene rings is 1. The van der Waals surface area contributed by atoms with E-state index in [2.05, 4.69) is 15.4 Å². The maximum atomic E-state index is 11.8. The fourth-order valence-electron chi connectivity index (χ4n) is 1.58. The van der Waals surface area contributed by atoms with Gasteiger partial charge in [-0.1, -0.05) is 0 Å². The minimum atomic E-state index is -0.642. The monoisotopic (exact) mass is 310 g/mol. The van der Waals surface area contributed by atoms with Crippen LogP contribution >= 0.6 is 0 Å². The third-order valence-electron chi connectivity index (χ3n) is 2.42. The number of carbonyl (C=O) groups is 3. The summed E-state index contributed by atoms with van der Waals surface area (Å²) in [4.78, 5) is 33.9. The highest BCUT2D eigenvalue weighted by Gasteiger charge is 2.11. The number of nitrogens with one attached hydrogen (secondary N) is 2.